The molecule has 4 rings (SSSR count). The van der Waals surface area contributed by atoms with E-state index in [4.69, 9.17) is 4.74 Å². The van der Waals surface area contributed by atoms with Crippen LogP contribution in [0.1, 0.15) is 28.5 Å². The lowest BCUT2D eigenvalue weighted by Gasteiger charge is -2.14. The molecule has 0 saturated carbocycles. The number of ether oxygens (including phenoxy) is 1. The van der Waals surface area contributed by atoms with Crippen molar-refractivity contribution < 1.29 is 14.6 Å². The summed E-state index contributed by atoms with van der Waals surface area (Å²) in [5, 5.41) is 17.3. The van der Waals surface area contributed by atoms with Crippen LogP contribution in [0.2, 0.25) is 0 Å². The average molecular weight is 458 g/mol. The molecule has 0 spiro atoms. The number of para-hydroxylation sites is 2. The number of fused-ring (bicyclic) bond motifs is 1. The summed E-state index contributed by atoms with van der Waals surface area (Å²) < 4.78 is 8.03. The summed E-state index contributed by atoms with van der Waals surface area (Å²) in [6.45, 7) is 7.00. The number of carbonyl (C=O) groups excluding carboxylic acids is 1. The van der Waals surface area contributed by atoms with Gasteiger partial charge in [0.25, 0.3) is 5.91 Å². The van der Waals surface area contributed by atoms with Crippen LogP contribution in [0.15, 0.2) is 72.8 Å². The molecule has 0 aliphatic carbocycles. The molecule has 0 fully saturated rings. The fourth-order valence-electron chi connectivity index (χ4n) is 4.19. The molecule has 0 aliphatic rings. The van der Waals surface area contributed by atoms with Gasteiger partial charge in [0.1, 0.15) is 18.5 Å². The Hall–Kier alpha value is -3.77. The van der Waals surface area contributed by atoms with Crippen LogP contribution in [0.4, 0.5) is 5.69 Å². The number of nitrogens with one attached hydrogen (secondary N) is 2. The molecule has 3 N–H and O–H groups in total. The van der Waals surface area contributed by atoms with E-state index in [0.717, 1.165) is 33.5 Å². The second kappa shape index (κ2) is 10.4. The highest BCUT2D eigenvalue weighted by Gasteiger charge is 2.22. The Morgan fingerprint density at radius 3 is 2.50 bits per heavy atom. The molecule has 6 heteroatoms. The highest BCUT2D eigenvalue weighted by molar-refractivity contribution is 6.09. The molecular formula is C28H31N3O3. The first kappa shape index (κ1) is 23.4. The minimum absolute atomic E-state index is 0.110. The first-order valence-electron chi connectivity index (χ1n) is 11.6. The van der Waals surface area contributed by atoms with Crippen molar-refractivity contribution in [2.75, 3.05) is 25.0 Å². The van der Waals surface area contributed by atoms with Crippen LogP contribution < -0.4 is 15.4 Å². The highest BCUT2D eigenvalue weighted by Crippen LogP contribution is 2.33. The molecule has 4 aromatic rings. The molecule has 6 nitrogen and oxygen atoms in total. The van der Waals surface area contributed by atoms with Crippen LogP contribution >= 0.6 is 0 Å². The molecule has 34 heavy (non-hydrogen) atoms. The SMILES string of the molecule is CCNC(=O)c1c(C)n(-c2ccccc2C)c2ccc(OC[C@H](O)CNc3ccccc3)cc12. The lowest BCUT2D eigenvalue weighted by Crippen LogP contribution is -2.26. The number of anilines is 1. The van der Waals surface area contributed by atoms with E-state index in [1.807, 2.05) is 74.5 Å². The Kier molecular flexibility index (Phi) is 7.18. The second-order valence-electron chi connectivity index (χ2n) is 8.33. The molecular weight excluding hydrogens is 426 g/mol. The van der Waals surface area contributed by atoms with Gasteiger partial charge in [0, 0.05) is 35.5 Å². The van der Waals surface area contributed by atoms with Gasteiger partial charge in [-0.2, -0.15) is 0 Å². The number of rotatable bonds is 9. The molecule has 0 saturated heterocycles. The normalized spacial score (nSPS) is 11.9. The second-order valence-corrected chi connectivity index (χ2v) is 8.33. The van der Waals surface area contributed by atoms with E-state index in [0.29, 0.717) is 24.4 Å². The Labute approximate surface area is 200 Å². The van der Waals surface area contributed by atoms with Crippen molar-refractivity contribution in [2.45, 2.75) is 26.9 Å². The molecule has 1 atom stereocenters. The van der Waals surface area contributed by atoms with Gasteiger partial charge in [-0.1, -0.05) is 36.4 Å². The summed E-state index contributed by atoms with van der Waals surface area (Å²) in [5.41, 5.74) is 5.56. The number of aromatic nitrogens is 1. The largest absolute Gasteiger partial charge is 0.491 e. The van der Waals surface area contributed by atoms with Gasteiger partial charge < -0.3 is 25.0 Å². The number of benzene rings is 3. The van der Waals surface area contributed by atoms with Gasteiger partial charge in [0.2, 0.25) is 0 Å². The number of carbonyl (C=O) groups is 1. The maximum Gasteiger partial charge on any atom is 0.253 e. The molecule has 3 aromatic carbocycles. The Bertz CT molecular complexity index is 1280. The number of nitrogens with zero attached hydrogens (tertiary/aromatic N) is 1. The van der Waals surface area contributed by atoms with Crippen molar-refractivity contribution in [3.8, 4) is 11.4 Å². The van der Waals surface area contributed by atoms with E-state index in [9.17, 15) is 9.90 Å². The fraction of sp³-hybridized carbons (Fsp3) is 0.250. The topological polar surface area (TPSA) is 75.5 Å². The zero-order valence-corrected chi connectivity index (χ0v) is 19.8. The molecule has 1 amide bonds. The first-order chi connectivity index (χ1) is 16.5. The van der Waals surface area contributed by atoms with Crippen molar-refractivity contribution >= 4 is 22.5 Å². The fourth-order valence-corrected chi connectivity index (χ4v) is 4.19. The number of aliphatic hydroxyl groups excluding tert-OH is 1. The maximum atomic E-state index is 13.0. The molecule has 0 radical (unpaired) electrons. The van der Waals surface area contributed by atoms with Crippen molar-refractivity contribution in [1.82, 2.24) is 9.88 Å². The van der Waals surface area contributed by atoms with Crippen LogP contribution in [-0.2, 0) is 0 Å². The zero-order chi connectivity index (χ0) is 24.1. The number of hydrogen-bond acceptors (Lipinski definition) is 4. The van der Waals surface area contributed by atoms with Gasteiger partial charge in [0.15, 0.2) is 0 Å². The van der Waals surface area contributed by atoms with E-state index < -0.39 is 6.10 Å². The van der Waals surface area contributed by atoms with E-state index in [2.05, 4.69) is 34.3 Å². The van der Waals surface area contributed by atoms with Crippen LogP contribution in [-0.4, -0.2) is 41.4 Å². The summed E-state index contributed by atoms with van der Waals surface area (Å²) in [4.78, 5) is 13.0. The van der Waals surface area contributed by atoms with E-state index in [-0.39, 0.29) is 12.5 Å². The minimum atomic E-state index is -0.683. The summed E-state index contributed by atoms with van der Waals surface area (Å²) in [6.07, 6.45) is -0.683. The van der Waals surface area contributed by atoms with E-state index in [1.165, 1.54) is 0 Å². The third-order valence-electron chi connectivity index (χ3n) is 5.85. The van der Waals surface area contributed by atoms with Crippen molar-refractivity contribution in [3.63, 3.8) is 0 Å². The lowest BCUT2D eigenvalue weighted by atomic mass is 10.1. The van der Waals surface area contributed by atoms with E-state index in [1.54, 1.807) is 0 Å². The van der Waals surface area contributed by atoms with Gasteiger partial charge in [-0.3, -0.25) is 4.79 Å². The summed E-state index contributed by atoms with van der Waals surface area (Å²) >= 11 is 0. The Morgan fingerprint density at radius 2 is 1.76 bits per heavy atom. The lowest BCUT2D eigenvalue weighted by molar-refractivity contribution is 0.0956. The number of aliphatic hydroxyl groups is 1. The summed E-state index contributed by atoms with van der Waals surface area (Å²) in [7, 11) is 0. The van der Waals surface area contributed by atoms with Gasteiger partial charge in [0.05, 0.1) is 11.1 Å². The average Bonchev–Trinajstić information content (AvgIpc) is 3.13. The quantitative estimate of drug-likeness (QED) is 0.336. The molecule has 1 aromatic heterocycles. The van der Waals surface area contributed by atoms with Crippen molar-refractivity contribution in [1.29, 1.82) is 0 Å². The summed E-state index contributed by atoms with van der Waals surface area (Å²) in [6, 6.07) is 23.6. The number of amides is 1. The van der Waals surface area contributed by atoms with Gasteiger partial charge >= 0.3 is 0 Å². The predicted molar refractivity (Wildman–Crippen MR) is 137 cm³/mol. The van der Waals surface area contributed by atoms with Gasteiger partial charge in [-0.05, 0) is 62.7 Å². The minimum Gasteiger partial charge on any atom is -0.491 e. The van der Waals surface area contributed by atoms with Crippen LogP contribution in [0.25, 0.3) is 16.6 Å². The molecule has 0 unspecified atom stereocenters. The van der Waals surface area contributed by atoms with Gasteiger partial charge in [-0.25, -0.2) is 0 Å². The third-order valence-corrected chi connectivity index (χ3v) is 5.85. The molecule has 0 bridgehead atoms. The maximum absolute atomic E-state index is 13.0. The van der Waals surface area contributed by atoms with Crippen molar-refractivity contribution in [3.05, 3.63) is 89.6 Å². The first-order valence-corrected chi connectivity index (χ1v) is 11.6. The molecule has 176 valence electrons. The van der Waals surface area contributed by atoms with Crippen molar-refractivity contribution in [2.24, 2.45) is 0 Å². The molecule has 0 aliphatic heterocycles. The third kappa shape index (κ3) is 4.92. The standard InChI is InChI=1S/C28H31N3O3/c1-4-29-28(33)27-20(3)31(25-13-9-8-10-19(25)2)26-15-14-23(16-24(26)27)34-18-22(32)17-30-21-11-6-5-7-12-21/h5-16,22,30,32H,4,17-18H2,1-3H3,(H,29,33)/t22-/m1/s1. The molecule has 1 heterocycles. The summed E-state index contributed by atoms with van der Waals surface area (Å²) in [5.74, 6) is 0.500. The Morgan fingerprint density at radius 1 is 1.03 bits per heavy atom. The predicted octanol–water partition coefficient (Wildman–Crippen LogP) is 4.85. The highest BCUT2D eigenvalue weighted by atomic mass is 16.5. The van der Waals surface area contributed by atoms with E-state index >= 15 is 0 Å². The Balaban J connectivity index is 1.61. The van der Waals surface area contributed by atoms with Crippen LogP contribution in [0.3, 0.4) is 0 Å². The zero-order valence-electron chi connectivity index (χ0n) is 19.8. The van der Waals surface area contributed by atoms with Crippen LogP contribution in [0, 0.1) is 13.8 Å². The number of hydrogen-bond donors (Lipinski definition) is 3. The smallest absolute Gasteiger partial charge is 0.253 e. The monoisotopic (exact) mass is 457 g/mol. The number of aryl methyl sites for hydroxylation is 1. The van der Waals surface area contributed by atoms with Gasteiger partial charge in [-0.15, -0.1) is 0 Å². The van der Waals surface area contributed by atoms with Crippen LogP contribution in [0.5, 0.6) is 5.75 Å².